The molecule has 0 saturated carbocycles. The van der Waals surface area contributed by atoms with Crippen LogP contribution in [-0.2, 0) is 0 Å². The summed E-state index contributed by atoms with van der Waals surface area (Å²) in [5, 5.41) is 0.625. The zero-order valence-corrected chi connectivity index (χ0v) is 16.0. The maximum absolute atomic E-state index is 2.63. The molecule has 0 bridgehead atoms. The SMILES string of the molecule is CCN(CC)C(CCC[SiH2]C(C)(C)C)N(CC)CC. The van der Waals surface area contributed by atoms with Crippen molar-refractivity contribution in [2.75, 3.05) is 26.2 Å². The average Bonchev–Trinajstić information content (AvgIpc) is 2.35. The summed E-state index contributed by atoms with van der Waals surface area (Å²) >= 11 is 0. The molecular formula is C16H38N2Si. The molecule has 0 aromatic rings. The molecule has 0 aromatic carbocycles. The first-order chi connectivity index (χ1) is 8.89. The van der Waals surface area contributed by atoms with Crippen LogP contribution in [0.25, 0.3) is 0 Å². The van der Waals surface area contributed by atoms with Crippen molar-refractivity contribution in [2.45, 2.75) is 78.6 Å². The van der Waals surface area contributed by atoms with Crippen LogP contribution in [0.5, 0.6) is 0 Å². The average molecular weight is 287 g/mol. The van der Waals surface area contributed by atoms with Gasteiger partial charge in [-0.25, -0.2) is 0 Å². The fourth-order valence-corrected chi connectivity index (χ4v) is 4.47. The minimum absolute atomic E-state index is 0.0953. The van der Waals surface area contributed by atoms with E-state index in [1.807, 2.05) is 0 Å². The van der Waals surface area contributed by atoms with Gasteiger partial charge in [-0.3, -0.25) is 9.80 Å². The van der Waals surface area contributed by atoms with Gasteiger partial charge in [0.15, 0.2) is 0 Å². The Morgan fingerprint density at radius 1 is 0.842 bits per heavy atom. The quantitative estimate of drug-likeness (QED) is 0.344. The molecule has 0 aliphatic carbocycles. The second-order valence-corrected chi connectivity index (χ2v) is 10.1. The van der Waals surface area contributed by atoms with Crippen LogP contribution in [0.15, 0.2) is 0 Å². The molecule has 0 aliphatic rings. The van der Waals surface area contributed by atoms with E-state index < -0.39 is 0 Å². The number of hydrogen-bond donors (Lipinski definition) is 0. The third kappa shape index (κ3) is 8.11. The van der Waals surface area contributed by atoms with E-state index >= 15 is 0 Å². The smallest absolute Gasteiger partial charge is 0.0621 e. The minimum atomic E-state index is 0.0953. The summed E-state index contributed by atoms with van der Waals surface area (Å²) in [6.07, 6.45) is 3.44. The maximum Gasteiger partial charge on any atom is 0.0621 e. The highest BCUT2D eigenvalue weighted by Gasteiger charge is 2.21. The molecule has 3 heteroatoms. The highest BCUT2D eigenvalue weighted by molar-refractivity contribution is 6.39. The second kappa shape index (κ2) is 9.95. The number of nitrogens with zero attached hydrogens (tertiary/aromatic N) is 2. The van der Waals surface area contributed by atoms with E-state index in [0.717, 1.165) is 0 Å². The molecule has 0 amide bonds. The van der Waals surface area contributed by atoms with Crippen molar-refractivity contribution in [1.82, 2.24) is 9.80 Å². The molecule has 0 aliphatic heterocycles. The minimum Gasteiger partial charge on any atom is -0.288 e. The molecule has 0 aromatic heterocycles. The fraction of sp³-hybridized carbons (Fsp3) is 1.00. The van der Waals surface area contributed by atoms with Crippen molar-refractivity contribution < 1.29 is 0 Å². The first kappa shape index (κ1) is 19.1. The molecule has 0 rings (SSSR count). The van der Waals surface area contributed by atoms with Gasteiger partial charge in [-0.2, -0.15) is 0 Å². The Hall–Kier alpha value is 0.137. The van der Waals surface area contributed by atoms with Gasteiger partial charge in [-0.05, 0) is 37.6 Å². The van der Waals surface area contributed by atoms with E-state index in [2.05, 4.69) is 58.3 Å². The Balaban J connectivity index is 4.34. The van der Waals surface area contributed by atoms with Crippen molar-refractivity contribution in [3.05, 3.63) is 0 Å². The van der Waals surface area contributed by atoms with Gasteiger partial charge in [-0.1, -0.05) is 60.9 Å². The third-order valence-corrected chi connectivity index (χ3v) is 6.46. The van der Waals surface area contributed by atoms with Gasteiger partial charge in [0.1, 0.15) is 0 Å². The summed E-state index contributed by atoms with van der Waals surface area (Å²) in [5.41, 5.74) is 0. The normalized spacial score (nSPS) is 13.6. The highest BCUT2D eigenvalue weighted by Crippen LogP contribution is 2.23. The van der Waals surface area contributed by atoms with Crippen LogP contribution >= 0.6 is 0 Å². The van der Waals surface area contributed by atoms with Crippen molar-refractivity contribution in [3.8, 4) is 0 Å². The van der Waals surface area contributed by atoms with Crippen LogP contribution in [-0.4, -0.2) is 51.7 Å². The van der Waals surface area contributed by atoms with Gasteiger partial charge in [0, 0.05) is 9.52 Å². The number of hydrogen-bond acceptors (Lipinski definition) is 2. The fourth-order valence-electron chi connectivity index (χ4n) is 2.87. The molecule has 0 saturated heterocycles. The lowest BCUT2D eigenvalue weighted by Gasteiger charge is -2.38. The Labute approximate surface area is 124 Å². The third-order valence-electron chi connectivity index (χ3n) is 4.11. The molecule has 0 spiro atoms. The predicted octanol–water partition coefficient (Wildman–Crippen LogP) is 3.58. The van der Waals surface area contributed by atoms with Crippen LogP contribution in [0.4, 0.5) is 0 Å². The molecular weight excluding hydrogens is 248 g/mol. The van der Waals surface area contributed by atoms with Crippen molar-refractivity contribution >= 4 is 9.52 Å². The summed E-state index contributed by atoms with van der Waals surface area (Å²) in [7, 11) is 0.0953. The van der Waals surface area contributed by atoms with Crippen LogP contribution in [0.1, 0.15) is 61.3 Å². The second-order valence-electron chi connectivity index (χ2n) is 6.73. The van der Waals surface area contributed by atoms with Gasteiger partial charge in [0.05, 0.1) is 6.17 Å². The van der Waals surface area contributed by atoms with Crippen LogP contribution in [0, 0.1) is 0 Å². The van der Waals surface area contributed by atoms with E-state index in [1.165, 1.54) is 45.1 Å². The van der Waals surface area contributed by atoms with Crippen molar-refractivity contribution in [1.29, 1.82) is 0 Å². The Morgan fingerprint density at radius 3 is 1.58 bits per heavy atom. The molecule has 116 valence electrons. The predicted molar refractivity (Wildman–Crippen MR) is 91.9 cm³/mol. The summed E-state index contributed by atoms with van der Waals surface area (Å²) < 4.78 is 0. The van der Waals surface area contributed by atoms with E-state index in [-0.39, 0.29) is 9.52 Å². The van der Waals surface area contributed by atoms with Gasteiger partial charge in [0.25, 0.3) is 0 Å². The highest BCUT2D eigenvalue weighted by atomic mass is 28.2. The first-order valence-corrected chi connectivity index (χ1v) is 10.1. The Bertz CT molecular complexity index is 193. The zero-order valence-electron chi connectivity index (χ0n) is 14.6. The molecule has 2 nitrogen and oxygen atoms in total. The first-order valence-electron chi connectivity index (χ1n) is 8.37. The standard InChI is InChI=1S/C16H38N2Si/c1-8-17(9-2)15(18(10-3)11-4)13-12-14-19-16(5,6)7/h15H,8-14,19H2,1-7H3. The van der Waals surface area contributed by atoms with E-state index in [1.54, 1.807) is 0 Å². The van der Waals surface area contributed by atoms with Gasteiger partial charge >= 0.3 is 0 Å². The molecule has 0 unspecified atom stereocenters. The van der Waals surface area contributed by atoms with Crippen LogP contribution in [0.2, 0.25) is 11.1 Å². The molecule has 0 fully saturated rings. The van der Waals surface area contributed by atoms with Crippen LogP contribution in [0.3, 0.4) is 0 Å². The van der Waals surface area contributed by atoms with Crippen LogP contribution < -0.4 is 0 Å². The van der Waals surface area contributed by atoms with E-state index in [0.29, 0.717) is 11.2 Å². The summed E-state index contributed by atoms with van der Waals surface area (Å²) in [5.74, 6) is 0. The van der Waals surface area contributed by atoms with Crippen molar-refractivity contribution in [3.63, 3.8) is 0 Å². The van der Waals surface area contributed by atoms with E-state index in [4.69, 9.17) is 0 Å². The van der Waals surface area contributed by atoms with Gasteiger partial charge < -0.3 is 0 Å². The molecule has 0 atom stereocenters. The lowest BCUT2D eigenvalue weighted by atomic mass is 10.2. The van der Waals surface area contributed by atoms with E-state index in [9.17, 15) is 0 Å². The molecule has 0 heterocycles. The lowest BCUT2D eigenvalue weighted by Crippen LogP contribution is -2.48. The molecule has 19 heavy (non-hydrogen) atoms. The lowest BCUT2D eigenvalue weighted by molar-refractivity contribution is 0.0496. The Kier molecular flexibility index (Phi) is 10.0. The summed E-state index contributed by atoms with van der Waals surface area (Å²) in [4.78, 5) is 5.26. The summed E-state index contributed by atoms with van der Waals surface area (Å²) in [6.45, 7) is 21.1. The van der Waals surface area contributed by atoms with Crippen molar-refractivity contribution in [2.24, 2.45) is 0 Å². The number of rotatable bonds is 10. The summed E-state index contributed by atoms with van der Waals surface area (Å²) in [6, 6.07) is 1.50. The van der Waals surface area contributed by atoms with Gasteiger partial charge in [0.2, 0.25) is 0 Å². The largest absolute Gasteiger partial charge is 0.288 e. The molecule has 0 radical (unpaired) electrons. The zero-order chi connectivity index (χ0) is 14.9. The topological polar surface area (TPSA) is 6.48 Å². The monoisotopic (exact) mass is 286 g/mol. The van der Waals surface area contributed by atoms with Gasteiger partial charge in [-0.15, -0.1) is 0 Å². The molecule has 0 N–H and O–H groups in total. The Morgan fingerprint density at radius 2 is 1.26 bits per heavy atom. The maximum atomic E-state index is 2.63.